The van der Waals surface area contributed by atoms with E-state index in [4.69, 9.17) is 0 Å². The molecule has 1 fully saturated rings. The molecule has 0 bridgehead atoms. The highest BCUT2D eigenvalue weighted by molar-refractivity contribution is 5.29. The number of aromatic nitrogens is 3. The van der Waals surface area contributed by atoms with Gasteiger partial charge in [0.05, 0.1) is 12.7 Å². The van der Waals surface area contributed by atoms with E-state index >= 15 is 0 Å². The van der Waals surface area contributed by atoms with Crippen molar-refractivity contribution in [2.24, 2.45) is 0 Å². The summed E-state index contributed by atoms with van der Waals surface area (Å²) in [5, 5.41) is 11.2. The van der Waals surface area contributed by atoms with E-state index in [1.54, 1.807) is 6.20 Å². The van der Waals surface area contributed by atoms with E-state index < -0.39 is 0 Å². The molecule has 0 saturated heterocycles. The van der Waals surface area contributed by atoms with Crippen LogP contribution >= 0.6 is 0 Å². The van der Waals surface area contributed by atoms with Crippen LogP contribution in [0.2, 0.25) is 0 Å². The van der Waals surface area contributed by atoms with E-state index in [9.17, 15) is 0 Å². The molecule has 0 amide bonds. The first kappa shape index (κ1) is 11.4. The van der Waals surface area contributed by atoms with Gasteiger partial charge in [-0.1, -0.05) is 29.5 Å². The van der Waals surface area contributed by atoms with Crippen molar-refractivity contribution in [2.45, 2.75) is 31.8 Å². The zero-order valence-corrected chi connectivity index (χ0v) is 10.4. The molecule has 0 radical (unpaired) electrons. The van der Waals surface area contributed by atoms with Crippen LogP contribution in [0.1, 0.15) is 29.9 Å². The molecule has 1 heterocycles. The van der Waals surface area contributed by atoms with Crippen LogP contribution in [-0.4, -0.2) is 21.5 Å². The summed E-state index contributed by atoms with van der Waals surface area (Å²) in [6.45, 7) is 2.70. The second-order valence-corrected chi connectivity index (χ2v) is 4.86. The molecule has 18 heavy (non-hydrogen) atoms. The van der Waals surface area contributed by atoms with Gasteiger partial charge in [0.2, 0.25) is 0 Å². The number of nitrogens with one attached hydrogen (secondary N) is 1. The third-order valence-electron chi connectivity index (χ3n) is 3.32. The van der Waals surface area contributed by atoms with Crippen molar-refractivity contribution in [2.75, 3.05) is 6.54 Å². The van der Waals surface area contributed by atoms with Crippen molar-refractivity contribution in [1.29, 1.82) is 0 Å². The van der Waals surface area contributed by atoms with Gasteiger partial charge >= 0.3 is 0 Å². The Bertz CT molecular complexity index is 488. The Morgan fingerprint density at radius 3 is 3.06 bits per heavy atom. The summed E-state index contributed by atoms with van der Waals surface area (Å²) in [4.78, 5) is 0. The van der Waals surface area contributed by atoms with Crippen LogP contribution in [0, 0.1) is 0 Å². The fraction of sp³-hybridized carbons (Fsp3) is 0.429. The second kappa shape index (κ2) is 5.31. The zero-order valence-electron chi connectivity index (χ0n) is 10.4. The Labute approximate surface area is 107 Å². The summed E-state index contributed by atoms with van der Waals surface area (Å²) in [5.74, 6) is 0.833. The number of hydrogen-bond donors (Lipinski definition) is 1. The lowest BCUT2D eigenvalue weighted by Crippen LogP contribution is -2.19. The summed E-state index contributed by atoms with van der Waals surface area (Å²) in [6, 6.07) is 8.94. The molecule has 0 atom stereocenters. The Hall–Kier alpha value is -1.68. The lowest BCUT2D eigenvalue weighted by Gasteiger charge is -2.06. The minimum Gasteiger partial charge on any atom is -0.311 e. The number of benzene rings is 1. The van der Waals surface area contributed by atoms with E-state index in [0.29, 0.717) is 0 Å². The maximum atomic E-state index is 3.93. The fourth-order valence-corrected chi connectivity index (χ4v) is 2.15. The van der Waals surface area contributed by atoms with Gasteiger partial charge in [-0.05, 0) is 29.9 Å². The molecule has 1 aromatic carbocycles. The highest BCUT2D eigenvalue weighted by Crippen LogP contribution is 2.40. The molecular weight excluding hydrogens is 224 g/mol. The summed E-state index contributed by atoms with van der Waals surface area (Å²) < 4.78 is 1.84. The van der Waals surface area contributed by atoms with Crippen LogP contribution in [0.15, 0.2) is 36.7 Å². The monoisotopic (exact) mass is 242 g/mol. The summed E-state index contributed by atoms with van der Waals surface area (Å²) in [6.07, 6.45) is 6.32. The van der Waals surface area contributed by atoms with Crippen LogP contribution in [0.4, 0.5) is 0 Å². The number of nitrogens with zero attached hydrogens (tertiary/aromatic N) is 3. The predicted molar refractivity (Wildman–Crippen MR) is 70.1 cm³/mol. The van der Waals surface area contributed by atoms with E-state index in [1.807, 2.05) is 10.9 Å². The maximum Gasteiger partial charge on any atom is 0.0692 e. The van der Waals surface area contributed by atoms with Gasteiger partial charge in [-0.3, -0.25) is 4.68 Å². The highest BCUT2D eigenvalue weighted by atomic mass is 15.4. The predicted octanol–water partition coefficient (Wildman–Crippen LogP) is 1.95. The molecule has 0 spiro atoms. The van der Waals surface area contributed by atoms with Crippen molar-refractivity contribution in [1.82, 2.24) is 20.3 Å². The smallest absolute Gasteiger partial charge is 0.0692 e. The van der Waals surface area contributed by atoms with E-state index in [-0.39, 0.29) is 0 Å². The molecule has 0 unspecified atom stereocenters. The molecule has 1 N–H and O–H groups in total. The summed E-state index contributed by atoms with van der Waals surface area (Å²) in [7, 11) is 0. The Morgan fingerprint density at radius 1 is 1.33 bits per heavy atom. The fourth-order valence-electron chi connectivity index (χ4n) is 2.15. The minimum absolute atomic E-state index is 0.833. The van der Waals surface area contributed by atoms with Crippen molar-refractivity contribution >= 4 is 0 Å². The van der Waals surface area contributed by atoms with Crippen LogP contribution in [0.25, 0.3) is 0 Å². The number of rotatable bonds is 6. The van der Waals surface area contributed by atoms with Crippen LogP contribution in [0.3, 0.4) is 0 Å². The molecule has 2 aromatic rings. The van der Waals surface area contributed by atoms with Gasteiger partial charge in [0.25, 0.3) is 0 Å². The minimum atomic E-state index is 0.833. The SMILES string of the molecule is c1cc(CNCCn2ccnn2)cc(C2CC2)c1. The first-order valence-electron chi connectivity index (χ1n) is 6.55. The third-order valence-corrected chi connectivity index (χ3v) is 3.32. The average Bonchev–Trinajstić information content (AvgIpc) is 3.13. The lowest BCUT2D eigenvalue weighted by molar-refractivity contribution is 0.540. The number of hydrogen-bond acceptors (Lipinski definition) is 3. The Balaban J connectivity index is 1.46. The third kappa shape index (κ3) is 2.96. The molecule has 3 rings (SSSR count). The normalized spacial score (nSPS) is 14.9. The quantitative estimate of drug-likeness (QED) is 0.787. The first-order valence-corrected chi connectivity index (χ1v) is 6.55. The van der Waals surface area contributed by atoms with Gasteiger partial charge < -0.3 is 5.32 Å². The van der Waals surface area contributed by atoms with E-state index in [0.717, 1.165) is 25.6 Å². The van der Waals surface area contributed by atoms with Crippen LogP contribution in [-0.2, 0) is 13.1 Å². The summed E-state index contributed by atoms with van der Waals surface area (Å²) in [5.41, 5.74) is 2.88. The van der Waals surface area contributed by atoms with Crippen molar-refractivity contribution in [3.05, 3.63) is 47.8 Å². The van der Waals surface area contributed by atoms with Crippen LogP contribution in [0.5, 0.6) is 0 Å². The zero-order chi connectivity index (χ0) is 12.2. The van der Waals surface area contributed by atoms with Gasteiger partial charge in [0.1, 0.15) is 0 Å². The van der Waals surface area contributed by atoms with Gasteiger partial charge in [-0.25, -0.2) is 0 Å². The molecule has 1 aliphatic rings. The molecule has 94 valence electrons. The van der Waals surface area contributed by atoms with Crippen molar-refractivity contribution in [3.63, 3.8) is 0 Å². The molecular formula is C14H18N4. The molecule has 1 aromatic heterocycles. The van der Waals surface area contributed by atoms with Gasteiger partial charge in [0, 0.05) is 19.3 Å². The topological polar surface area (TPSA) is 42.7 Å². The largest absolute Gasteiger partial charge is 0.311 e. The molecule has 4 nitrogen and oxygen atoms in total. The standard InChI is InChI=1S/C14H18N4/c1-2-12(10-14(3-1)13-4-5-13)11-15-6-8-18-9-7-16-17-18/h1-3,7,9-10,13,15H,4-6,8,11H2. The van der Waals surface area contributed by atoms with Crippen molar-refractivity contribution in [3.8, 4) is 0 Å². The Morgan fingerprint density at radius 2 is 2.28 bits per heavy atom. The molecule has 0 aliphatic heterocycles. The van der Waals surface area contributed by atoms with Crippen molar-refractivity contribution < 1.29 is 0 Å². The maximum absolute atomic E-state index is 3.93. The molecule has 1 saturated carbocycles. The lowest BCUT2D eigenvalue weighted by atomic mass is 10.1. The highest BCUT2D eigenvalue weighted by Gasteiger charge is 2.23. The molecule has 1 aliphatic carbocycles. The second-order valence-electron chi connectivity index (χ2n) is 4.86. The van der Waals surface area contributed by atoms with E-state index in [2.05, 4.69) is 39.9 Å². The molecule has 4 heteroatoms. The van der Waals surface area contributed by atoms with E-state index in [1.165, 1.54) is 24.0 Å². The van der Waals surface area contributed by atoms with Gasteiger partial charge in [-0.15, -0.1) is 5.10 Å². The summed E-state index contributed by atoms with van der Waals surface area (Å²) >= 11 is 0. The average molecular weight is 242 g/mol. The first-order chi connectivity index (χ1) is 8.92. The Kier molecular flexibility index (Phi) is 3.37. The van der Waals surface area contributed by atoms with Gasteiger partial charge in [-0.2, -0.15) is 0 Å². The van der Waals surface area contributed by atoms with Crippen LogP contribution < -0.4 is 5.32 Å². The van der Waals surface area contributed by atoms with Gasteiger partial charge in [0.15, 0.2) is 0 Å².